The second-order valence-corrected chi connectivity index (χ2v) is 4.74. The Balaban J connectivity index is 2.46. The molecule has 0 atom stereocenters. The molecule has 0 aromatic heterocycles. The summed E-state index contributed by atoms with van der Waals surface area (Å²) in [4.78, 5) is 16.3. The SMILES string of the molecule is C=C(C)CN(CC)C(=O)CN(CC)C1CNC1. The van der Waals surface area contributed by atoms with Crippen molar-refractivity contribution >= 4 is 5.91 Å². The highest BCUT2D eigenvalue weighted by molar-refractivity contribution is 5.78. The van der Waals surface area contributed by atoms with Gasteiger partial charge in [0.1, 0.15) is 0 Å². The van der Waals surface area contributed by atoms with E-state index in [9.17, 15) is 4.79 Å². The van der Waals surface area contributed by atoms with Crippen LogP contribution in [0.5, 0.6) is 0 Å². The first-order valence-electron chi connectivity index (χ1n) is 6.45. The van der Waals surface area contributed by atoms with Gasteiger partial charge in [0.05, 0.1) is 6.54 Å². The summed E-state index contributed by atoms with van der Waals surface area (Å²) in [5.74, 6) is 0.212. The van der Waals surface area contributed by atoms with Crippen LogP contribution in [-0.4, -0.2) is 61.0 Å². The first-order chi connectivity index (χ1) is 8.08. The molecule has 1 amide bonds. The minimum Gasteiger partial charge on any atom is -0.338 e. The van der Waals surface area contributed by atoms with E-state index >= 15 is 0 Å². The molecule has 1 aliphatic heterocycles. The number of carbonyl (C=O) groups excluding carboxylic acids is 1. The van der Waals surface area contributed by atoms with Gasteiger partial charge in [0.15, 0.2) is 0 Å². The zero-order valence-corrected chi connectivity index (χ0v) is 11.3. The third-order valence-electron chi connectivity index (χ3n) is 3.22. The van der Waals surface area contributed by atoms with E-state index in [1.807, 2.05) is 18.7 Å². The number of rotatable bonds is 7. The molecular formula is C13H25N3O. The van der Waals surface area contributed by atoms with Gasteiger partial charge in [0.2, 0.25) is 5.91 Å². The standard InChI is InChI=1S/C13H25N3O/c1-5-15(12-7-14-8-12)10-13(17)16(6-2)9-11(3)4/h12,14H,3,5-10H2,1-2,4H3. The molecule has 0 aliphatic carbocycles. The molecule has 1 rings (SSSR count). The van der Waals surface area contributed by atoms with Crippen LogP contribution in [0, 0.1) is 0 Å². The lowest BCUT2D eigenvalue weighted by Crippen LogP contribution is -2.59. The molecule has 0 radical (unpaired) electrons. The van der Waals surface area contributed by atoms with Crippen molar-refractivity contribution in [1.82, 2.24) is 15.1 Å². The van der Waals surface area contributed by atoms with E-state index < -0.39 is 0 Å². The topological polar surface area (TPSA) is 35.6 Å². The van der Waals surface area contributed by atoms with Gasteiger partial charge in [-0.1, -0.05) is 19.1 Å². The number of amides is 1. The summed E-state index contributed by atoms with van der Waals surface area (Å²) in [5, 5.41) is 3.24. The predicted octanol–water partition coefficient (Wildman–Crippen LogP) is 0.705. The normalized spacial score (nSPS) is 15.8. The Kier molecular flexibility index (Phi) is 5.65. The average molecular weight is 239 g/mol. The number of hydrogen-bond acceptors (Lipinski definition) is 3. The Bertz CT molecular complexity index is 274. The van der Waals surface area contributed by atoms with Gasteiger partial charge in [-0.15, -0.1) is 0 Å². The molecule has 0 bridgehead atoms. The van der Waals surface area contributed by atoms with E-state index in [4.69, 9.17) is 0 Å². The molecule has 1 fully saturated rings. The van der Waals surface area contributed by atoms with Crippen LogP contribution in [0.25, 0.3) is 0 Å². The molecule has 0 aromatic rings. The van der Waals surface area contributed by atoms with E-state index in [1.54, 1.807) is 0 Å². The van der Waals surface area contributed by atoms with Crippen molar-refractivity contribution in [1.29, 1.82) is 0 Å². The predicted molar refractivity (Wildman–Crippen MR) is 71.0 cm³/mol. The summed E-state index contributed by atoms with van der Waals surface area (Å²) < 4.78 is 0. The van der Waals surface area contributed by atoms with E-state index in [0.717, 1.165) is 31.8 Å². The molecule has 0 unspecified atom stereocenters. The molecular weight excluding hydrogens is 214 g/mol. The molecule has 0 saturated carbocycles. The number of nitrogens with zero attached hydrogens (tertiary/aromatic N) is 2. The Hall–Kier alpha value is -0.870. The van der Waals surface area contributed by atoms with E-state index in [2.05, 4.69) is 23.7 Å². The third-order valence-corrected chi connectivity index (χ3v) is 3.22. The van der Waals surface area contributed by atoms with Crippen LogP contribution in [0.4, 0.5) is 0 Å². The van der Waals surface area contributed by atoms with Crippen molar-refractivity contribution in [2.45, 2.75) is 26.8 Å². The fraction of sp³-hybridized carbons (Fsp3) is 0.769. The molecule has 1 heterocycles. The molecule has 0 aromatic carbocycles. The maximum atomic E-state index is 12.1. The highest BCUT2D eigenvalue weighted by atomic mass is 16.2. The van der Waals surface area contributed by atoms with Crippen LogP contribution in [0.1, 0.15) is 20.8 Å². The van der Waals surface area contributed by atoms with Gasteiger partial charge in [-0.2, -0.15) is 0 Å². The van der Waals surface area contributed by atoms with Gasteiger partial charge >= 0.3 is 0 Å². The molecule has 98 valence electrons. The second kappa shape index (κ2) is 6.77. The van der Waals surface area contributed by atoms with Crippen molar-refractivity contribution in [3.05, 3.63) is 12.2 Å². The zero-order chi connectivity index (χ0) is 12.8. The molecule has 4 heteroatoms. The molecule has 4 nitrogen and oxygen atoms in total. The Morgan fingerprint density at radius 3 is 2.29 bits per heavy atom. The van der Waals surface area contributed by atoms with E-state index in [0.29, 0.717) is 19.1 Å². The van der Waals surface area contributed by atoms with Crippen LogP contribution in [0.2, 0.25) is 0 Å². The largest absolute Gasteiger partial charge is 0.338 e. The van der Waals surface area contributed by atoms with Crippen molar-refractivity contribution in [2.75, 3.05) is 39.3 Å². The minimum absolute atomic E-state index is 0.212. The van der Waals surface area contributed by atoms with Gasteiger partial charge in [0.25, 0.3) is 0 Å². The molecule has 1 aliphatic rings. The average Bonchev–Trinajstić information content (AvgIpc) is 2.21. The maximum Gasteiger partial charge on any atom is 0.237 e. The lowest BCUT2D eigenvalue weighted by molar-refractivity contribution is -0.132. The summed E-state index contributed by atoms with van der Waals surface area (Å²) in [6.07, 6.45) is 0. The summed E-state index contributed by atoms with van der Waals surface area (Å²) >= 11 is 0. The lowest BCUT2D eigenvalue weighted by atomic mass is 10.1. The van der Waals surface area contributed by atoms with Crippen LogP contribution >= 0.6 is 0 Å². The zero-order valence-electron chi connectivity index (χ0n) is 11.3. The molecule has 1 N–H and O–H groups in total. The Morgan fingerprint density at radius 1 is 1.29 bits per heavy atom. The second-order valence-electron chi connectivity index (χ2n) is 4.74. The minimum atomic E-state index is 0.212. The molecule has 17 heavy (non-hydrogen) atoms. The van der Waals surface area contributed by atoms with Crippen LogP contribution in [0.15, 0.2) is 12.2 Å². The van der Waals surface area contributed by atoms with Crippen molar-refractivity contribution < 1.29 is 4.79 Å². The summed E-state index contributed by atoms with van der Waals surface area (Å²) in [5.41, 5.74) is 1.04. The third kappa shape index (κ3) is 4.13. The number of hydrogen-bond donors (Lipinski definition) is 1. The van der Waals surface area contributed by atoms with Crippen molar-refractivity contribution in [3.8, 4) is 0 Å². The van der Waals surface area contributed by atoms with Crippen molar-refractivity contribution in [2.24, 2.45) is 0 Å². The number of likely N-dealkylation sites (N-methyl/N-ethyl adjacent to an activating group) is 2. The van der Waals surface area contributed by atoms with E-state index in [-0.39, 0.29) is 5.91 Å². The van der Waals surface area contributed by atoms with Crippen molar-refractivity contribution in [3.63, 3.8) is 0 Å². The van der Waals surface area contributed by atoms with Crippen LogP contribution < -0.4 is 5.32 Å². The molecule has 0 spiro atoms. The van der Waals surface area contributed by atoms with E-state index in [1.165, 1.54) is 0 Å². The Morgan fingerprint density at radius 2 is 1.94 bits per heavy atom. The quantitative estimate of drug-likeness (QED) is 0.665. The van der Waals surface area contributed by atoms with Gasteiger partial charge in [-0.3, -0.25) is 9.69 Å². The lowest BCUT2D eigenvalue weighted by Gasteiger charge is -2.38. The maximum absolute atomic E-state index is 12.1. The summed E-state index contributed by atoms with van der Waals surface area (Å²) in [7, 11) is 0. The van der Waals surface area contributed by atoms with Gasteiger partial charge in [-0.05, 0) is 20.4 Å². The highest BCUT2D eigenvalue weighted by Gasteiger charge is 2.26. The number of carbonyl (C=O) groups is 1. The number of nitrogens with one attached hydrogen (secondary N) is 1. The fourth-order valence-corrected chi connectivity index (χ4v) is 2.01. The first kappa shape index (κ1) is 14.2. The first-order valence-corrected chi connectivity index (χ1v) is 6.45. The van der Waals surface area contributed by atoms with Crippen LogP contribution in [0.3, 0.4) is 0 Å². The van der Waals surface area contributed by atoms with Gasteiger partial charge < -0.3 is 10.2 Å². The Labute approximate surface area is 105 Å². The summed E-state index contributed by atoms with van der Waals surface area (Å²) in [6, 6.07) is 0.535. The van der Waals surface area contributed by atoms with Crippen LogP contribution in [-0.2, 0) is 4.79 Å². The fourth-order valence-electron chi connectivity index (χ4n) is 2.01. The monoisotopic (exact) mass is 239 g/mol. The summed E-state index contributed by atoms with van der Waals surface area (Å²) in [6.45, 7) is 14.9. The van der Waals surface area contributed by atoms with Gasteiger partial charge in [-0.25, -0.2) is 0 Å². The van der Waals surface area contributed by atoms with Gasteiger partial charge in [0, 0.05) is 32.2 Å². The molecule has 1 saturated heterocycles. The highest BCUT2D eigenvalue weighted by Crippen LogP contribution is 2.06. The smallest absolute Gasteiger partial charge is 0.237 e.